The van der Waals surface area contributed by atoms with Gasteiger partial charge in [-0.15, -0.1) is 0 Å². The molecule has 1 N–H and O–H groups in total. The van der Waals surface area contributed by atoms with Crippen molar-refractivity contribution in [1.29, 1.82) is 0 Å². The van der Waals surface area contributed by atoms with E-state index in [1.807, 2.05) is 25.7 Å². The van der Waals surface area contributed by atoms with Gasteiger partial charge in [-0.3, -0.25) is 9.59 Å². The largest absolute Gasteiger partial charge is 0.353 e. The molecular formula is C18H33N3O2. The summed E-state index contributed by atoms with van der Waals surface area (Å²) < 4.78 is 0. The van der Waals surface area contributed by atoms with Crippen LogP contribution in [0.3, 0.4) is 0 Å². The first-order valence-corrected chi connectivity index (χ1v) is 9.13. The zero-order valence-corrected chi connectivity index (χ0v) is 15.2. The van der Waals surface area contributed by atoms with Gasteiger partial charge in [0.05, 0.1) is 5.92 Å². The molecule has 0 spiro atoms. The first-order valence-electron chi connectivity index (χ1n) is 9.13. The Kier molecular flexibility index (Phi) is 6.06. The molecule has 5 heteroatoms. The Morgan fingerprint density at radius 3 is 2.30 bits per heavy atom. The minimum absolute atomic E-state index is 0.0424. The van der Waals surface area contributed by atoms with Gasteiger partial charge in [0.15, 0.2) is 0 Å². The van der Waals surface area contributed by atoms with E-state index < -0.39 is 0 Å². The summed E-state index contributed by atoms with van der Waals surface area (Å²) in [6, 6.07) is 0.305. The molecule has 2 fully saturated rings. The molecule has 2 aliphatic heterocycles. The van der Waals surface area contributed by atoms with Crippen LogP contribution in [0.2, 0.25) is 0 Å². The van der Waals surface area contributed by atoms with E-state index in [1.54, 1.807) is 0 Å². The maximum absolute atomic E-state index is 12.6. The molecule has 132 valence electrons. The van der Waals surface area contributed by atoms with Crippen molar-refractivity contribution in [3.63, 3.8) is 0 Å². The number of carbonyl (C=O) groups excluding carboxylic acids is 2. The third-order valence-electron chi connectivity index (χ3n) is 5.10. The van der Waals surface area contributed by atoms with Crippen LogP contribution in [-0.4, -0.2) is 60.4 Å². The number of likely N-dealkylation sites (tertiary alicyclic amines) is 2. The van der Waals surface area contributed by atoms with Gasteiger partial charge in [0.1, 0.15) is 0 Å². The average Bonchev–Trinajstić information content (AvgIpc) is 2.54. The number of piperidine rings is 2. The van der Waals surface area contributed by atoms with Crippen molar-refractivity contribution in [2.24, 2.45) is 11.3 Å². The molecule has 0 aliphatic carbocycles. The Balaban J connectivity index is 1.84. The minimum atomic E-state index is -0.370. The molecule has 2 amide bonds. The zero-order valence-electron chi connectivity index (χ0n) is 15.2. The Hall–Kier alpha value is -1.10. The Morgan fingerprint density at radius 1 is 1.09 bits per heavy atom. The van der Waals surface area contributed by atoms with Gasteiger partial charge in [-0.1, -0.05) is 27.7 Å². The van der Waals surface area contributed by atoms with Gasteiger partial charge in [0, 0.05) is 37.6 Å². The number of rotatable bonds is 3. The highest BCUT2D eigenvalue weighted by atomic mass is 16.2. The van der Waals surface area contributed by atoms with Crippen molar-refractivity contribution in [2.75, 3.05) is 32.7 Å². The molecule has 0 aromatic heterocycles. The van der Waals surface area contributed by atoms with Crippen molar-refractivity contribution in [3.05, 3.63) is 0 Å². The second-order valence-corrected chi connectivity index (χ2v) is 8.06. The van der Waals surface area contributed by atoms with Crippen LogP contribution in [0.15, 0.2) is 0 Å². The average molecular weight is 323 g/mol. The fourth-order valence-corrected chi connectivity index (χ4v) is 3.56. The Labute approximate surface area is 140 Å². The lowest BCUT2D eigenvalue weighted by atomic mass is 9.90. The monoisotopic (exact) mass is 323 g/mol. The molecule has 2 aliphatic rings. The lowest BCUT2D eigenvalue weighted by molar-refractivity contribution is -0.143. The molecule has 0 aromatic carbocycles. The number of amides is 2. The molecule has 1 atom stereocenters. The van der Waals surface area contributed by atoms with E-state index in [4.69, 9.17) is 0 Å². The van der Waals surface area contributed by atoms with Crippen molar-refractivity contribution >= 4 is 11.8 Å². The number of carbonyl (C=O) groups is 2. The van der Waals surface area contributed by atoms with E-state index >= 15 is 0 Å². The molecule has 0 bridgehead atoms. The summed E-state index contributed by atoms with van der Waals surface area (Å²) in [6.07, 6.45) is 3.90. The van der Waals surface area contributed by atoms with Gasteiger partial charge in [-0.25, -0.2) is 0 Å². The molecule has 0 saturated carbocycles. The first-order chi connectivity index (χ1) is 10.8. The molecule has 0 radical (unpaired) electrons. The molecule has 5 nitrogen and oxygen atoms in total. The third kappa shape index (κ3) is 4.93. The van der Waals surface area contributed by atoms with Crippen LogP contribution in [0.1, 0.15) is 53.4 Å². The second kappa shape index (κ2) is 7.65. The lowest BCUT2D eigenvalue weighted by Gasteiger charge is -2.37. The molecule has 2 saturated heterocycles. The van der Waals surface area contributed by atoms with Crippen molar-refractivity contribution in [3.8, 4) is 0 Å². The molecule has 1 unspecified atom stereocenters. The zero-order chi connectivity index (χ0) is 17.0. The fraction of sp³-hybridized carbons (Fsp3) is 0.889. The highest BCUT2D eigenvalue weighted by Gasteiger charge is 2.34. The van der Waals surface area contributed by atoms with E-state index in [2.05, 4.69) is 17.1 Å². The number of nitrogens with zero attached hydrogens (tertiary/aromatic N) is 2. The van der Waals surface area contributed by atoms with E-state index in [0.717, 1.165) is 51.9 Å². The van der Waals surface area contributed by atoms with Crippen LogP contribution in [0.5, 0.6) is 0 Å². The normalized spacial score (nSPS) is 24.5. The number of nitrogens with one attached hydrogen (secondary N) is 1. The fourth-order valence-electron chi connectivity index (χ4n) is 3.56. The van der Waals surface area contributed by atoms with Gasteiger partial charge < -0.3 is 15.1 Å². The minimum Gasteiger partial charge on any atom is -0.353 e. The molecule has 0 aromatic rings. The van der Waals surface area contributed by atoms with Crippen LogP contribution in [0.4, 0.5) is 0 Å². The SMILES string of the molecule is CCN1CCC(NC(=O)C2CCCN(C(=O)C(C)(C)C)C2)CC1. The van der Waals surface area contributed by atoms with Crippen molar-refractivity contribution in [1.82, 2.24) is 15.1 Å². The van der Waals surface area contributed by atoms with Crippen LogP contribution in [0, 0.1) is 11.3 Å². The highest BCUT2D eigenvalue weighted by Crippen LogP contribution is 2.24. The summed E-state index contributed by atoms with van der Waals surface area (Å²) in [5, 5.41) is 3.23. The van der Waals surface area contributed by atoms with Gasteiger partial charge in [0.2, 0.25) is 11.8 Å². The smallest absolute Gasteiger partial charge is 0.227 e. The Bertz CT molecular complexity index is 422. The number of hydrogen-bond donors (Lipinski definition) is 1. The van der Waals surface area contributed by atoms with E-state index in [-0.39, 0.29) is 23.1 Å². The highest BCUT2D eigenvalue weighted by molar-refractivity contribution is 5.84. The summed E-state index contributed by atoms with van der Waals surface area (Å²) in [5.41, 5.74) is -0.370. The van der Waals surface area contributed by atoms with Gasteiger partial charge >= 0.3 is 0 Å². The Morgan fingerprint density at radius 2 is 1.74 bits per heavy atom. The van der Waals surface area contributed by atoms with Gasteiger partial charge in [0.25, 0.3) is 0 Å². The van der Waals surface area contributed by atoms with Gasteiger partial charge in [-0.05, 0) is 32.2 Å². The summed E-state index contributed by atoms with van der Waals surface area (Å²) in [6.45, 7) is 12.6. The third-order valence-corrected chi connectivity index (χ3v) is 5.10. The summed E-state index contributed by atoms with van der Waals surface area (Å²) in [5.74, 6) is 0.261. The summed E-state index contributed by atoms with van der Waals surface area (Å²) in [4.78, 5) is 29.3. The second-order valence-electron chi connectivity index (χ2n) is 8.06. The van der Waals surface area contributed by atoms with Crippen LogP contribution >= 0.6 is 0 Å². The topological polar surface area (TPSA) is 52.7 Å². The van der Waals surface area contributed by atoms with E-state index in [1.165, 1.54) is 0 Å². The standard InChI is InChI=1S/C18H33N3O2/c1-5-20-11-8-15(9-12-20)19-16(22)14-7-6-10-21(13-14)17(23)18(2,3)4/h14-15H,5-13H2,1-4H3,(H,19,22). The maximum atomic E-state index is 12.6. The molecule has 23 heavy (non-hydrogen) atoms. The summed E-state index contributed by atoms with van der Waals surface area (Å²) in [7, 11) is 0. The maximum Gasteiger partial charge on any atom is 0.227 e. The van der Waals surface area contributed by atoms with Crippen LogP contribution < -0.4 is 5.32 Å². The van der Waals surface area contributed by atoms with Crippen LogP contribution in [-0.2, 0) is 9.59 Å². The predicted molar refractivity (Wildman–Crippen MR) is 92.0 cm³/mol. The molecular weight excluding hydrogens is 290 g/mol. The molecule has 2 rings (SSSR count). The van der Waals surface area contributed by atoms with E-state index in [9.17, 15) is 9.59 Å². The number of hydrogen-bond acceptors (Lipinski definition) is 3. The quantitative estimate of drug-likeness (QED) is 0.863. The van der Waals surface area contributed by atoms with Gasteiger partial charge in [-0.2, -0.15) is 0 Å². The summed E-state index contributed by atoms with van der Waals surface area (Å²) >= 11 is 0. The van der Waals surface area contributed by atoms with Crippen molar-refractivity contribution in [2.45, 2.75) is 59.4 Å². The van der Waals surface area contributed by atoms with Crippen LogP contribution in [0.25, 0.3) is 0 Å². The predicted octanol–water partition coefficient (Wildman–Crippen LogP) is 1.87. The van der Waals surface area contributed by atoms with Crippen molar-refractivity contribution < 1.29 is 9.59 Å². The molecule has 2 heterocycles. The van der Waals surface area contributed by atoms with E-state index in [0.29, 0.717) is 12.6 Å². The lowest BCUT2D eigenvalue weighted by Crippen LogP contribution is -2.51. The first kappa shape index (κ1) is 18.2.